The lowest BCUT2D eigenvalue weighted by Gasteiger charge is -2.27. The van der Waals surface area contributed by atoms with E-state index in [1.165, 1.54) is 24.3 Å². The summed E-state index contributed by atoms with van der Waals surface area (Å²) < 4.78 is 11.8. The molecule has 0 bridgehead atoms. The molecule has 3 heterocycles. The summed E-state index contributed by atoms with van der Waals surface area (Å²) in [7, 11) is 0. The van der Waals surface area contributed by atoms with Gasteiger partial charge in [0.25, 0.3) is 0 Å². The molecule has 3 fully saturated rings. The van der Waals surface area contributed by atoms with E-state index in [1.807, 2.05) is 11.3 Å². The first kappa shape index (κ1) is 13.3. The maximum Gasteiger partial charge on any atom is 0.0561 e. The normalized spacial score (nSPS) is 33.7. The quantitative estimate of drug-likeness (QED) is 0.805. The Hall–Kier alpha value is -0.420. The number of likely N-dealkylation sites (tertiary alicyclic amines) is 1. The third-order valence-electron chi connectivity index (χ3n) is 4.99. The second-order valence-electron chi connectivity index (χ2n) is 6.78. The molecular formula is C16H23NO2S. The van der Waals surface area contributed by atoms with Gasteiger partial charge in [-0.1, -0.05) is 6.07 Å². The Balaban J connectivity index is 1.36. The van der Waals surface area contributed by atoms with Crippen LogP contribution in [0.25, 0.3) is 0 Å². The predicted molar refractivity (Wildman–Crippen MR) is 79.9 cm³/mol. The smallest absolute Gasteiger partial charge is 0.0561 e. The van der Waals surface area contributed by atoms with Gasteiger partial charge in [0.05, 0.1) is 19.8 Å². The van der Waals surface area contributed by atoms with Crippen LogP contribution < -0.4 is 0 Å². The molecule has 4 rings (SSSR count). The summed E-state index contributed by atoms with van der Waals surface area (Å²) >= 11 is 1.86. The average Bonchev–Trinajstić information content (AvgIpc) is 2.84. The number of nitrogens with zero attached hydrogens (tertiary/aromatic N) is 1. The molecule has 1 aliphatic carbocycles. The molecule has 0 unspecified atom stereocenters. The first-order chi connectivity index (χ1) is 9.84. The largest absolute Gasteiger partial charge is 0.380 e. The number of ether oxygens (including phenoxy) is 2. The minimum atomic E-state index is 0.270. The Labute approximate surface area is 124 Å². The summed E-state index contributed by atoms with van der Waals surface area (Å²) in [5, 5.41) is 2.17. The average molecular weight is 293 g/mol. The highest BCUT2D eigenvalue weighted by Gasteiger charge is 2.50. The van der Waals surface area contributed by atoms with Gasteiger partial charge in [0.15, 0.2) is 0 Å². The number of thiophene rings is 1. The molecule has 2 saturated heterocycles. The Bertz CT molecular complexity index is 445. The van der Waals surface area contributed by atoms with E-state index in [0.29, 0.717) is 5.92 Å². The van der Waals surface area contributed by atoms with Gasteiger partial charge in [-0.05, 0) is 30.2 Å². The topological polar surface area (TPSA) is 21.7 Å². The van der Waals surface area contributed by atoms with Crippen LogP contribution >= 0.6 is 11.3 Å². The van der Waals surface area contributed by atoms with Crippen LogP contribution in [0.3, 0.4) is 0 Å². The Morgan fingerprint density at radius 2 is 2.40 bits per heavy atom. The van der Waals surface area contributed by atoms with Gasteiger partial charge in [-0.15, -0.1) is 11.3 Å². The van der Waals surface area contributed by atoms with Crippen molar-refractivity contribution in [2.75, 3.05) is 39.5 Å². The highest BCUT2D eigenvalue weighted by atomic mass is 32.1. The molecule has 1 aromatic rings. The monoisotopic (exact) mass is 293 g/mol. The fourth-order valence-corrected chi connectivity index (χ4v) is 4.35. The van der Waals surface area contributed by atoms with Crippen molar-refractivity contribution < 1.29 is 9.47 Å². The standard InChI is InChI=1S/C16H23NO2S/c1-2-15(20-5-1)7-17-6-14-9-19-12-16(14,10-17)11-18-8-13-3-4-13/h1-2,5,13-14H,3-4,6-12H2/t14-,16-/m0/s1. The van der Waals surface area contributed by atoms with E-state index in [2.05, 4.69) is 22.4 Å². The molecule has 1 saturated carbocycles. The van der Waals surface area contributed by atoms with Crippen LogP contribution in [0.1, 0.15) is 17.7 Å². The first-order valence-corrected chi connectivity index (χ1v) is 8.62. The molecule has 0 N–H and O–H groups in total. The summed E-state index contributed by atoms with van der Waals surface area (Å²) in [6.07, 6.45) is 2.74. The number of hydrogen-bond donors (Lipinski definition) is 0. The van der Waals surface area contributed by atoms with Crippen molar-refractivity contribution in [3.63, 3.8) is 0 Å². The van der Waals surface area contributed by atoms with E-state index >= 15 is 0 Å². The molecule has 2 atom stereocenters. The van der Waals surface area contributed by atoms with Crippen molar-refractivity contribution in [2.24, 2.45) is 17.3 Å². The molecule has 0 amide bonds. The molecule has 0 spiro atoms. The summed E-state index contributed by atoms with van der Waals surface area (Å²) in [6, 6.07) is 4.39. The van der Waals surface area contributed by atoms with Crippen molar-refractivity contribution in [3.8, 4) is 0 Å². The molecule has 0 aromatic carbocycles. The summed E-state index contributed by atoms with van der Waals surface area (Å²) in [5.41, 5.74) is 0.270. The lowest BCUT2D eigenvalue weighted by molar-refractivity contribution is 0.0222. The van der Waals surface area contributed by atoms with E-state index in [9.17, 15) is 0 Å². The van der Waals surface area contributed by atoms with Gasteiger partial charge >= 0.3 is 0 Å². The minimum Gasteiger partial charge on any atom is -0.380 e. The van der Waals surface area contributed by atoms with Crippen LogP contribution in [0.4, 0.5) is 0 Å². The number of hydrogen-bond acceptors (Lipinski definition) is 4. The van der Waals surface area contributed by atoms with Crippen molar-refractivity contribution >= 4 is 11.3 Å². The van der Waals surface area contributed by atoms with Crippen molar-refractivity contribution in [2.45, 2.75) is 19.4 Å². The zero-order valence-electron chi connectivity index (χ0n) is 11.9. The van der Waals surface area contributed by atoms with Gasteiger partial charge < -0.3 is 9.47 Å². The van der Waals surface area contributed by atoms with E-state index in [1.54, 1.807) is 0 Å². The molecule has 3 aliphatic rings. The van der Waals surface area contributed by atoms with E-state index in [-0.39, 0.29) is 5.41 Å². The lowest BCUT2D eigenvalue weighted by atomic mass is 9.82. The van der Waals surface area contributed by atoms with Crippen LogP contribution in [-0.2, 0) is 16.0 Å². The Morgan fingerprint density at radius 1 is 1.45 bits per heavy atom. The third kappa shape index (κ3) is 2.67. The van der Waals surface area contributed by atoms with Gasteiger partial charge in [0, 0.05) is 42.5 Å². The molecule has 20 heavy (non-hydrogen) atoms. The van der Waals surface area contributed by atoms with E-state index in [4.69, 9.17) is 9.47 Å². The molecule has 2 aliphatic heterocycles. The summed E-state index contributed by atoms with van der Waals surface area (Å²) in [4.78, 5) is 4.07. The number of rotatable bonds is 6. The zero-order valence-corrected chi connectivity index (χ0v) is 12.7. The first-order valence-electron chi connectivity index (χ1n) is 7.74. The number of fused-ring (bicyclic) bond motifs is 1. The molecule has 110 valence electrons. The molecule has 4 heteroatoms. The van der Waals surface area contributed by atoms with Crippen molar-refractivity contribution in [1.82, 2.24) is 4.90 Å². The fourth-order valence-electron chi connectivity index (χ4n) is 3.60. The molecule has 0 radical (unpaired) electrons. The Morgan fingerprint density at radius 3 is 3.20 bits per heavy atom. The maximum absolute atomic E-state index is 6.03. The van der Waals surface area contributed by atoms with Gasteiger partial charge in [0.1, 0.15) is 0 Å². The highest BCUT2D eigenvalue weighted by molar-refractivity contribution is 7.09. The van der Waals surface area contributed by atoms with Crippen LogP contribution in [0.15, 0.2) is 17.5 Å². The van der Waals surface area contributed by atoms with Gasteiger partial charge in [-0.25, -0.2) is 0 Å². The molecule has 1 aromatic heterocycles. The second kappa shape index (κ2) is 5.41. The molecular weight excluding hydrogens is 270 g/mol. The van der Waals surface area contributed by atoms with Crippen LogP contribution in [-0.4, -0.2) is 44.4 Å². The van der Waals surface area contributed by atoms with Gasteiger partial charge in [-0.3, -0.25) is 4.90 Å². The van der Waals surface area contributed by atoms with E-state index < -0.39 is 0 Å². The maximum atomic E-state index is 6.03. The second-order valence-corrected chi connectivity index (χ2v) is 7.81. The summed E-state index contributed by atoms with van der Waals surface area (Å²) in [5.74, 6) is 1.53. The third-order valence-corrected chi connectivity index (χ3v) is 5.85. The van der Waals surface area contributed by atoms with Crippen LogP contribution in [0.2, 0.25) is 0 Å². The summed E-state index contributed by atoms with van der Waals surface area (Å²) in [6.45, 7) is 7.09. The van der Waals surface area contributed by atoms with Crippen molar-refractivity contribution in [1.29, 1.82) is 0 Å². The van der Waals surface area contributed by atoms with Gasteiger partial charge in [-0.2, -0.15) is 0 Å². The van der Waals surface area contributed by atoms with Crippen LogP contribution in [0.5, 0.6) is 0 Å². The fraction of sp³-hybridized carbons (Fsp3) is 0.750. The van der Waals surface area contributed by atoms with Gasteiger partial charge in [0.2, 0.25) is 0 Å². The molecule has 3 nitrogen and oxygen atoms in total. The predicted octanol–water partition coefficient (Wildman–Crippen LogP) is 2.62. The van der Waals surface area contributed by atoms with Crippen molar-refractivity contribution in [3.05, 3.63) is 22.4 Å². The Kier molecular flexibility index (Phi) is 3.59. The van der Waals surface area contributed by atoms with E-state index in [0.717, 1.165) is 45.4 Å². The highest BCUT2D eigenvalue weighted by Crippen LogP contribution is 2.42. The SMILES string of the molecule is c1csc(CN2C[C@H]3COC[C@@]3(COCC3CC3)C2)c1. The zero-order chi connectivity index (χ0) is 13.4. The lowest BCUT2D eigenvalue weighted by Crippen LogP contribution is -2.35. The minimum absolute atomic E-state index is 0.270. The van der Waals surface area contributed by atoms with Crippen LogP contribution in [0, 0.1) is 17.3 Å².